The zero-order valence-corrected chi connectivity index (χ0v) is 6.04. The van der Waals surface area contributed by atoms with E-state index in [-0.39, 0.29) is 0 Å². The van der Waals surface area contributed by atoms with Crippen LogP contribution in [0.1, 0.15) is 0 Å². The summed E-state index contributed by atoms with van der Waals surface area (Å²) in [5.41, 5.74) is -3.13. The van der Waals surface area contributed by atoms with Crippen LogP contribution < -0.4 is 5.54 Å². The van der Waals surface area contributed by atoms with Gasteiger partial charge in [-0.2, -0.15) is 5.54 Å². The number of halogens is 3. The summed E-state index contributed by atoms with van der Waals surface area (Å²) in [6.45, 7) is 0. The number of carbonyl (C=O) groups is 1. The second-order valence-corrected chi connectivity index (χ2v) is 2.57. The highest BCUT2D eigenvalue weighted by Crippen LogP contribution is 2.05. The van der Waals surface area contributed by atoms with Gasteiger partial charge in [-0.25, -0.2) is 8.78 Å². The van der Waals surface area contributed by atoms with Gasteiger partial charge in [-0.3, -0.25) is 4.79 Å². The van der Waals surface area contributed by atoms with Gasteiger partial charge >= 0.3 is 5.91 Å². The zero-order chi connectivity index (χ0) is 6.78. The summed E-state index contributed by atoms with van der Waals surface area (Å²) >= 11 is 0. The molecule has 0 unspecified atom stereocenters. The number of alkyl halides is 2. The topological polar surface area (TPSA) is 29.1 Å². The summed E-state index contributed by atoms with van der Waals surface area (Å²) < 4.78 is 33.9. The summed E-state index contributed by atoms with van der Waals surface area (Å²) in [7, 11) is -0.664. The second kappa shape index (κ2) is 2.16. The van der Waals surface area contributed by atoms with E-state index in [4.69, 9.17) is 0 Å². The lowest BCUT2D eigenvalue weighted by Crippen LogP contribution is -2.36. The van der Waals surface area contributed by atoms with Gasteiger partial charge in [-0.1, -0.05) is 0 Å². The minimum atomic E-state index is -3.48. The number of amides is 1. The number of nitrogens with one attached hydrogen (secondary N) is 1. The maximum atomic E-state index is 11.5. The van der Waals surface area contributed by atoms with Crippen molar-refractivity contribution in [3.63, 3.8) is 0 Å². The first-order valence-corrected chi connectivity index (χ1v) is 2.77. The van der Waals surface area contributed by atoms with E-state index >= 15 is 0 Å². The van der Waals surface area contributed by atoms with Gasteiger partial charge in [-0.15, -0.1) is 4.48 Å². The van der Waals surface area contributed by atoms with Gasteiger partial charge in [0, 0.05) is 0 Å². The first-order valence-electron chi connectivity index (χ1n) is 1.77. The molecule has 0 aliphatic carbocycles. The Morgan fingerprint density at radius 2 is 2.00 bits per heavy atom. The molecule has 0 aliphatic heterocycles. The lowest BCUT2D eigenvalue weighted by atomic mass is 10.7. The van der Waals surface area contributed by atoms with Crippen LogP contribution in [-0.2, 0) is 4.79 Å². The highest BCUT2D eigenvalue weighted by atomic mass is 28.1. The van der Waals surface area contributed by atoms with Crippen molar-refractivity contribution in [1.82, 2.24) is 5.54 Å². The van der Waals surface area contributed by atoms with Crippen molar-refractivity contribution in [3.05, 3.63) is 0 Å². The smallest absolute Gasteiger partial charge is 0.266 e. The molecule has 8 heavy (non-hydrogen) atoms. The van der Waals surface area contributed by atoms with Crippen molar-refractivity contribution in [2.75, 3.05) is 0 Å². The van der Waals surface area contributed by atoms with E-state index in [9.17, 15) is 18.1 Å². The highest BCUT2D eigenvalue weighted by Gasteiger charge is 2.31. The van der Waals surface area contributed by atoms with E-state index in [0.717, 1.165) is 0 Å². The molecule has 0 rings (SSSR count). The molecule has 6 heteroatoms. The van der Waals surface area contributed by atoms with Crippen LogP contribution in [0.15, 0.2) is 0 Å². The fourth-order valence-corrected chi connectivity index (χ4v) is 0.177. The average molecular weight is 143 g/mol. The molecule has 0 saturated heterocycles. The standard InChI is InChI=1S/C2H4F3NOSi/c3-2(4,8)1(7)6-5/h8H3,(H,6,7). The van der Waals surface area contributed by atoms with Gasteiger partial charge < -0.3 is 0 Å². The van der Waals surface area contributed by atoms with Crippen LogP contribution >= 0.6 is 0 Å². The fraction of sp³-hybridized carbons (Fsp3) is 0.500. The van der Waals surface area contributed by atoms with Crippen LogP contribution in [0.4, 0.5) is 13.3 Å². The molecule has 0 radical (unpaired) electrons. The molecule has 0 fully saturated rings. The third-order valence-corrected chi connectivity index (χ3v) is 0.939. The van der Waals surface area contributed by atoms with E-state index in [1.54, 1.807) is 0 Å². The van der Waals surface area contributed by atoms with Crippen molar-refractivity contribution in [1.29, 1.82) is 0 Å². The third kappa shape index (κ3) is 1.96. The van der Waals surface area contributed by atoms with Gasteiger partial charge in [-0.05, 0) is 0 Å². The Kier molecular flexibility index (Phi) is 2.02. The molecule has 0 spiro atoms. The summed E-state index contributed by atoms with van der Waals surface area (Å²) in [5, 5.41) is 0. The van der Waals surface area contributed by atoms with E-state index in [2.05, 4.69) is 0 Å². The maximum absolute atomic E-state index is 11.5. The van der Waals surface area contributed by atoms with Gasteiger partial charge in [0.15, 0.2) is 0 Å². The third-order valence-electron chi connectivity index (χ3n) is 0.485. The maximum Gasteiger partial charge on any atom is 0.312 e. The van der Waals surface area contributed by atoms with Crippen molar-refractivity contribution < 1.29 is 18.1 Å². The molecule has 48 valence electrons. The average Bonchev–Trinajstić information content (AvgIpc) is 1.62. The summed E-state index contributed by atoms with van der Waals surface area (Å²) in [5.74, 6) is -1.86. The van der Waals surface area contributed by atoms with E-state index < -0.39 is 21.7 Å². The van der Waals surface area contributed by atoms with Crippen molar-refractivity contribution in [3.8, 4) is 0 Å². The molecule has 0 aromatic carbocycles. The molecule has 0 aromatic heterocycles. The van der Waals surface area contributed by atoms with Crippen LogP contribution in [0.25, 0.3) is 0 Å². The predicted molar refractivity (Wildman–Crippen MR) is 24.1 cm³/mol. The molecule has 0 heterocycles. The van der Waals surface area contributed by atoms with E-state index in [1.807, 2.05) is 0 Å². The quantitative estimate of drug-likeness (QED) is 0.368. The molecular formula is C2H4F3NOSi. The molecule has 2 nitrogen and oxygen atoms in total. The minimum absolute atomic E-state index is 0.351. The number of carbonyl (C=O) groups excluding carboxylic acids is 1. The Balaban J connectivity index is 3.82. The Morgan fingerprint density at radius 3 is 2.00 bits per heavy atom. The highest BCUT2D eigenvalue weighted by molar-refractivity contribution is 6.25. The van der Waals surface area contributed by atoms with Gasteiger partial charge in [0.25, 0.3) is 5.55 Å². The molecule has 1 amide bonds. The predicted octanol–water partition coefficient (Wildman–Crippen LogP) is -1.05. The van der Waals surface area contributed by atoms with Crippen molar-refractivity contribution in [2.45, 2.75) is 5.55 Å². The van der Waals surface area contributed by atoms with Crippen molar-refractivity contribution >= 4 is 16.1 Å². The Morgan fingerprint density at radius 1 is 1.62 bits per heavy atom. The second-order valence-electron chi connectivity index (χ2n) is 1.31. The van der Waals surface area contributed by atoms with Crippen molar-refractivity contribution in [2.24, 2.45) is 0 Å². The van der Waals surface area contributed by atoms with Crippen LogP contribution in [0.2, 0.25) is 0 Å². The number of rotatable bonds is 1. The lowest BCUT2D eigenvalue weighted by Gasteiger charge is -2.03. The molecular weight excluding hydrogens is 139 g/mol. The normalized spacial score (nSPS) is 11.4. The fourth-order valence-electron chi connectivity index (χ4n) is 0.0830. The first kappa shape index (κ1) is 7.48. The molecule has 1 N–H and O–H groups in total. The molecule has 0 bridgehead atoms. The zero-order valence-electron chi connectivity index (χ0n) is 4.04. The Labute approximate surface area is 46.4 Å². The Hall–Kier alpha value is -0.523. The summed E-state index contributed by atoms with van der Waals surface area (Å²) in [4.78, 5) is 9.63. The molecule has 0 saturated carbocycles. The van der Waals surface area contributed by atoms with Crippen LogP contribution in [0.3, 0.4) is 0 Å². The van der Waals surface area contributed by atoms with E-state index in [1.165, 1.54) is 0 Å². The SMILES string of the molecule is O=C(NF)C(F)(F)[SiH3]. The summed E-state index contributed by atoms with van der Waals surface area (Å²) in [6.07, 6.45) is 0. The van der Waals surface area contributed by atoms with Crippen LogP contribution in [0.5, 0.6) is 0 Å². The number of hydrogen-bond acceptors (Lipinski definition) is 1. The van der Waals surface area contributed by atoms with Crippen LogP contribution in [-0.4, -0.2) is 21.7 Å². The van der Waals surface area contributed by atoms with E-state index in [0.29, 0.717) is 5.54 Å². The van der Waals surface area contributed by atoms with Gasteiger partial charge in [0.2, 0.25) is 0 Å². The molecule has 0 aromatic rings. The van der Waals surface area contributed by atoms with Gasteiger partial charge in [0.1, 0.15) is 10.2 Å². The minimum Gasteiger partial charge on any atom is -0.266 e. The van der Waals surface area contributed by atoms with Crippen LogP contribution in [0, 0.1) is 0 Å². The molecule has 0 aliphatic rings. The summed E-state index contributed by atoms with van der Waals surface area (Å²) in [6, 6.07) is 0. The Bertz CT molecular complexity index is 99.9. The number of hydrogen-bond donors (Lipinski definition) is 1. The monoisotopic (exact) mass is 143 g/mol. The lowest BCUT2D eigenvalue weighted by molar-refractivity contribution is -0.140. The largest absolute Gasteiger partial charge is 0.312 e. The first-order chi connectivity index (χ1) is 3.48. The van der Waals surface area contributed by atoms with Gasteiger partial charge in [0.05, 0.1) is 0 Å². The molecule has 0 atom stereocenters.